The normalized spacial score (nSPS) is 20.7. The van der Waals surface area contributed by atoms with Gasteiger partial charge < -0.3 is 4.89 Å². The van der Waals surface area contributed by atoms with Crippen LogP contribution in [-0.4, -0.2) is 13.2 Å². The van der Waals surface area contributed by atoms with Gasteiger partial charge in [0.25, 0.3) is 0 Å². The van der Waals surface area contributed by atoms with Crippen LogP contribution in [0.3, 0.4) is 0 Å². The van der Waals surface area contributed by atoms with Crippen LogP contribution in [0.1, 0.15) is 25.7 Å². The SMILES string of the molecule is C1=COOCCCCCCN=N1. The molecule has 1 heterocycles. The molecule has 0 aliphatic carbocycles. The lowest BCUT2D eigenvalue weighted by Gasteiger charge is -2.01. The minimum absolute atomic E-state index is 0.654. The summed E-state index contributed by atoms with van der Waals surface area (Å²) in [6.07, 6.45) is 7.39. The van der Waals surface area contributed by atoms with Gasteiger partial charge in [-0.3, -0.25) is 0 Å². The zero-order valence-corrected chi connectivity index (χ0v) is 7.11. The van der Waals surface area contributed by atoms with Crippen LogP contribution < -0.4 is 0 Å². The van der Waals surface area contributed by atoms with E-state index in [1.807, 2.05) is 0 Å². The Balaban J connectivity index is 2.21. The predicted molar refractivity (Wildman–Crippen MR) is 44.4 cm³/mol. The lowest BCUT2D eigenvalue weighted by atomic mass is 10.2. The van der Waals surface area contributed by atoms with Gasteiger partial charge >= 0.3 is 0 Å². The number of rotatable bonds is 0. The van der Waals surface area contributed by atoms with E-state index < -0.39 is 0 Å². The highest BCUT2D eigenvalue weighted by molar-refractivity contribution is 4.66. The van der Waals surface area contributed by atoms with Gasteiger partial charge in [-0.15, -0.1) is 0 Å². The summed E-state index contributed by atoms with van der Waals surface area (Å²) in [6.45, 7) is 1.46. The number of hydrogen-bond acceptors (Lipinski definition) is 4. The van der Waals surface area contributed by atoms with Crippen molar-refractivity contribution in [2.45, 2.75) is 25.7 Å². The molecule has 0 saturated heterocycles. The molecule has 4 nitrogen and oxygen atoms in total. The van der Waals surface area contributed by atoms with Crippen molar-refractivity contribution in [2.75, 3.05) is 13.2 Å². The van der Waals surface area contributed by atoms with Gasteiger partial charge in [-0.05, 0) is 12.8 Å². The summed E-state index contributed by atoms with van der Waals surface area (Å²) in [6, 6.07) is 0. The molecular formula is C8H14N2O2. The molecule has 4 heteroatoms. The molecule has 0 N–H and O–H groups in total. The van der Waals surface area contributed by atoms with Crippen molar-refractivity contribution in [3.8, 4) is 0 Å². The molecule has 0 saturated carbocycles. The van der Waals surface area contributed by atoms with Crippen molar-refractivity contribution in [1.29, 1.82) is 0 Å². The van der Waals surface area contributed by atoms with Crippen molar-refractivity contribution in [3.63, 3.8) is 0 Å². The first kappa shape index (κ1) is 9.19. The van der Waals surface area contributed by atoms with E-state index in [-0.39, 0.29) is 0 Å². The van der Waals surface area contributed by atoms with Gasteiger partial charge in [0.05, 0.1) is 19.4 Å². The van der Waals surface area contributed by atoms with E-state index in [1.54, 1.807) is 0 Å². The Hall–Kier alpha value is -0.900. The summed E-state index contributed by atoms with van der Waals surface area (Å²) < 4.78 is 0. The summed E-state index contributed by atoms with van der Waals surface area (Å²) in [7, 11) is 0. The molecule has 0 atom stereocenters. The van der Waals surface area contributed by atoms with E-state index in [9.17, 15) is 0 Å². The van der Waals surface area contributed by atoms with E-state index in [1.165, 1.54) is 25.3 Å². The van der Waals surface area contributed by atoms with Gasteiger partial charge in [0, 0.05) is 0 Å². The summed E-state index contributed by atoms with van der Waals surface area (Å²) >= 11 is 0. The maximum Gasteiger partial charge on any atom is 0.149 e. The summed E-state index contributed by atoms with van der Waals surface area (Å²) in [5.74, 6) is 0. The molecule has 68 valence electrons. The topological polar surface area (TPSA) is 43.2 Å². The number of nitrogens with zero attached hydrogens (tertiary/aromatic N) is 2. The highest BCUT2D eigenvalue weighted by atomic mass is 17.2. The van der Waals surface area contributed by atoms with E-state index in [2.05, 4.69) is 15.1 Å². The van der Waals surface area contributed by atoms with Crippen LogP contribution in [0.15, 0.2) is 22.7 Å². The largest absolute Gasteiger partial charge is 0.344 e. The van der Waals surface area contributed by atoms with Gasteiger partial charge in [-0.25, -0.2) is 0 Å². The quantitative estimate of drug-likeness (QED) is 0.524. The third kappa shape index (κ3) is 4.85. The first-order valence-corrected chi connectivity index (χ1v) is 4.30. The zero-order chi connectivity index (χ0) is 8.49. The molecule has 0 bridgehead atoms. The van der Waals surface area contributed by atoms with E-state index in [0.29, 0.717) is 6.61 Å². The molecule has 0 spiro atoms. The average Bonchev–Trinajstić information content (AvgIpc) is 2.05. The minimum atomic E-state index is 0.654. The van der Waals surface area contributed by atoms with Gasteiger partial charge in [0.15, 0.2) is 0 Å². The monoisotopic (exact) mass is 170 g/mol. The highest BCUT2D eigenvalue weighted by Gasteiger charge is 1.91. The second-order valence-corrected chi connectivity index (χ2v) is 2.60. The third-order valence-corrected chi connectivity index (χ3v) is 1.57. The second kappa shape index (κ2) is 6.79. The standard InChI is InChI=1S/C8H14N2O2/c1-2-4-7-11-12-8-6-10-9-5-3-1/h6,8H,1-5,7H2. The predicted octanol–water partition coefficient (Wildman–Crippen LogP) is 2.43. The number of hydrogen-bond donors (Lipinski definition) is 0. The van der Waals surface area contributed by atoms with Crippen molar-refractivity contribution in [3.05, 3.63) is 12.5 Å². The summed E-state index contributed by atoms with van der Waals surface area (Å²) in [4.78, 5) is 9.49. The molecule has 12 heavy (non-hydrogen) atoms. The van der Waals surface area contributed by atoms with Crippen LogP contribution in [0.2, 0.25) is 0 Å². The zero-order valence-electron chi connectivity index (χ0n) is 7.11. The van der Waals surface area contributed by atoms with Crippen LogP contribution in [0.25, 0.3) is 0 Å². The fourth-order valence-corrected chi connectivity index (χ4v) is 0.941. The van der Waals surface area contributed by atoms with Crippen molar-refractivity contribution < 1.29 is 9.78 Å². The fourth-order valence-electron chi connectivity index (χ4n) is 0.941. The molecule has 0 fully saturated rings. The minimum Gasteiger partial charge on any atom is -0.344 e. The van der Waals surface area contributed by atoms with Crippen molar-refractivity contribution >= 4 is 0 Å². The number of azo groups is 1. The van der Waals surface area contributed by atoms with Crippen molar-refractivity contribution in [1.82, 2.24) is 0 Å². The Labute approximate surface area is 72.2 Å². The van der Waals surface area contributed by atoms with Gasteiger partial charge in [0.1, 0.15) is 6.26 Å². The highest BCUT2D eigenvalue weighted by Crippen LogP contribution is 2.01. The Kier molecular flexibility index (Phi) is 5.20. The molecule has 1 rings (SSSR count). The lowest BCUT2D eigenvalue weighted by molar-refractivity contribution is -0.249. The molecule has 1 aliphatic heterocycles. The molecule has 0 aromatic heterocycles. The molecule has 0 aromatic carbocycles. The molecule has 0 radical (unpaired) electrons. The van der Waals surface area contributed by atoms with Gasteiger partial charge in [-0.1, -0.05) is 12.8 Å². The summed E-state index contributed by atoms with van der Waals surface area (Å²) in [5.41, 5.74) is 0. The molecule has 0 aromatic rings. The fraction of sp³-hybridized carbons (Fsp3) is 0.750. The van der Waals surface area contributed by atoms with E-state index in [4.69, 9.17) is 4.89 Å². The molecule has 0 unspecified atom stereocenters. The van der Waals surface area contributed by atoms with E-state index >= 15 is 0 Å². The Morgan fingerprint density at radius 2 is 2.00 bits per heavy atom. The van der Waals surface area contributed by atoms with Crippen LogP contribution in [0, 0.1) is 0 Å². The van der Waals surface area contributed by atoms with Crippen LogP contribution in [0.4, 0.5) is 0 Å². The Bertz CT molecular complexity index is 139. The van der Waals surface area contributed by atoms with Crippen LogP contribution >= 0.6 is 0 Å². The molecular weight excluding hydrogens is 156 g/mol. The maximum atomic E-state index is 4.82. The van der Waals surface area contributed by atoms with Gasteiger partial charge in [-0.2, -0.15) is 15.1 Å². The molecule has 1 aliphatic rings. The van der Waals surface area contributed by atoms with Crippen LogP contribution in [0.5, 0.6) is 0 Å². The van der Waals surface area contributed by atoms with E-state index in [0.717, 1.165) is 19.4 Å². The smallest absolute Gasteiger partial charge is 0.149 e. The first-order chi connectivity index (χ1) is 6.00. The second-order valence-electron chi connectivity index (χ2n) is 2.60. The lowest BCUT2D eigenvalue weighted by Crippen LogP contribution is -1.93. The third-order valence-electron chi connectivity index (χ3n) is 1.57. The Morgan fingerprint density at radius 1 is 1.08 bits per heavy atom. The maximum absolute atomic E-state index is 4.82. The Morgan fingerprint density at radius 3 is 3.00 bits per heavy atom. The van der Waals surface area contributed by atoms with Gasteiger partial charge in [0.2, 0.25) is 0 Å². The first-order valence-electron chi connectivity index (χ1n) is 4.30. The van der Waals surface area contributed by atoms with Crippen LogP contribution in [-0.2, 0) is 9.78 Å². The van der Waals surface area contributed by atoms with Crippen molar-refractivity contribution in [2.24, 2.45) is 10.2 Å². The summed E-state index contributed by atoms with van der Waals surface area (Å²) in [5, 5.41) is 7.65. The average molecular weight is 170 g/mol. The molecule has 0 amide bonds.